The minimum atomic E-state index is -0.898. The molecule has 2 aliphatic rings. The molecule has 5 nitrogen and oxygen atoms in total. The van der Waals surface area contributed by atoms with E-state index in [9.17, 15) is 9.59 Å². The molecule has 0 radical (unpaired) electrons. The van der Waals surface area contributed by atoms with Gasteiger partial charge in [-0.1, -0.05) is 91.0 Å². The number of carbonyl (C=O) groups is 2. The van der Waals surface area contributed by atoms with Crippen LogP contribution in [0.15, 0.2) is 91.0 Å². The Hall–Kier alpha value is -3.44. The number of rotatable bonds is 5. The zero-order valence-electron chi connectivity index (χ0n) is 17.7. The van der Waals surface area contributed by atoms with Crippen LogP contribution in [0.2, 0.25) is 0 Å². The SMILES string of the molecule is O=C(OCc1ccccc1)[C@@H]1C(=O)N2[C@@H](C[C@H]1c1ccccc1)OC[C@H]2c1ccccc1. The van der Waals surface area contributed by atoms with E-state index in [1.807, 2.05) is 91.0 Å². The van der Waals surface area contributed by atoms with Crippen LogP contribution in [0.5, 0.6) is 0 Å². The number of carbonyl (C=O) groups excluding carboxylic acids is 2. The quantitative estimate of drug-likeness (QED) is 0.446. The summed E-state index contributed by atoms with van der Waals surface area (Å²) in [4.78, 5) is 28.8. The normalized spacial score (nSPS) is 24.8. The molecule has 5 heteroatoms. The van der Waals surface area contributed by atoms with Crippen LogP contribution < -0.4 is 0 Å². The molecular weight excluding hydrogens is 402 g/mol. The van der Waals surface area contributed by atoms with Crippen LogP contribution in [-0.4, -0.2) is 29.6 Å². The molecule has 0 aliphatic carbocycles. The Kier molecular flexibility index (Phi) is 5.73. The average molecular weight is 428 g/mol. The molecule has 0 spiro atoms. The molecule has 3 aromatic rings. The first-order chi connectivity index (χ1) is 15.7. The van der Waals surface area contributed by atoms with Crippen molar-refractivity contribution in [3.05, 3.63) is 108 Å². The fourth-order valence-corrected chi connectivity index (χ4v) is 4.77. The van der Waals surface area contributed by atoms with Crippen LogP contribution in [0.4, 0.5) is 0 Å². The summed E-state index contributed by atoms with van der Waals surface area (Å²) in [6.07, 6.45) is 0.209. The topological polar surface area (TPSA) is 55.8 Å². The van der Waals surface area contributed by atoms with E-state index in [-0.39, 0.29) is 30.7 Å². The number of piperidine rings is 1. The number of fused-ring (bicyclic) bond motifs is 1. The zero-order valence-corrected chi connectivity index (χ0v) is 17.7. The van der Waals surface area contributed by atoms with E-state index in [0.717, 1.165) is 16.7 Å². The number of ether oxygens (including phenoxy) is 2. The van der Waals surface area contributed by atoms with E-state index >= 15 is 0 Å². The van der Waals surface area contributed by atoms with Crippen LogP contribution in [0, 0.1) is 5.92 Å². The maximum absolute atomic E-state index is 13.8. The Labute approximate surface area is 187 Å². The summed E-state index contributed by atoms with van der Waals surface area (Å²) in [5, 5.41) is 0. The standard InChI is InChI=1S/C27H25NO4/c29-26-25(27(30)32-17-19-10-4-1-5-11-19)22(20-12-6-2-7-13-20)16-24-28(26)23(18-31-24)21-14-8-3-9-15-21/h1-15,22-25H,16-18H2/t22-,23-,24+,25-/m0/s1. The smallest absolute Gasteiger partial charge is 0.319 e. The second-order valence-electron chi connectivity index (χ2n) is 8.28. The lowest BCUT2D eigenvalue weighted by Crippen LogP contribution is -2.51. The van der Waals surface area contributed by atoms with Gasteiger partial charge in [0, 0.05) is 12.3 Å². The van der Waals surface area contributed by atoms with Gasteiger partial charge in [0.25, 0.3) is 0 Å². The van der Waals surface area contributed by atoms with Gasteiger partial charge < -0.3 is 14.4 Å². The maximum Gasteiger partial charge on any atom is 0.319 e. The highest BCUT2D eigenvalue weighted by atomic mass is 16.5. The van der Waals surface area contributed by atoms with Gasteiger partial charge in [0.05, 0.1) is 12.6 Å². The lowest BCUT2D eigenvalue weighted by atomic mass is 9.78. The van der Waals surface area contributed by atoms with Gasteiger partial charge in [0.2, 0.25) is 5.91 Å². The van der Waals surface area contributed by atoms with Crippen molar-refractivity contribution in [2.75, 3.05) is 6.61 Å². The third-order valence-corrected chi connectivity index (χ3v) is 6.36. The lowest BCUT2D eigenvalue weighted by Gasteiger charge is -2.40. The van der Waals surface area contributed by atoms with Crippen molar-refractivity contribution in [2.45, 2.75) is 31.2 Å². The molecule has 0 unspecified atom stereocenters. The highest BCUT2D eigenvalue weighted by Crippen LogP contribution is 2.44. The third-order valence-electron chi connectivity index (χ3n) is 6.36. The maximum atomic E-state index is 13.8. The van der Waals surface area contributed by atoms with Crippen molar-refractivity contribution in [1.29, 1.82) is 0 Å². The second kappa shape index (κ2) is 8.97. The summed E-state index contributed by atoms with van der Waals surface area (Å²) in [7, 11) is 0. The number of nitrogens with zero attached hydrogens (tertiary/aromatic N) is 1. The highest BCUT2D eigenvalue weighted by Gasteiger charge is 2.52. The Balaban J connectivity index is 1.44. The van der Waals surface area contributed by atoms with Crippen LogP contribution in [0.25, 0.3) is 0 Å². The third kappa shape index (κ3) is 3.92. The predicted octanol–water partition coefficient (Wildman–Crippen LogP) is 4.46. The monoisotopic (exact) mass is 427 g/mol. The van der Waals surface area contributed by atoms with Gasteiger partial charge in [0.1, 0.15) is 18.8 Å². The highest BCUT2D eigenvalue weighted by molar-refractivity contribution is 6.00. The molecule has 3 aromatic carbocycles. The van der Waals surface area contributed by atoms with Gasteiger partial charge in [-0.25, -0.2) is 0 Å². The molecule has 2 saturated heterocycles. The summed E-state index contributed by atoms with van der Waals surface area (Å²) in [6, 6.07) is 28.9. The molecule has 0 saturated carbocycles. The molecule has 0 bridgehead atoms. The number of amides is 1. The molecule has 5 rings (SSSR count). The second-order valence-corrected chi connectivity index (χ2v) is 8.28. The van der Waals surface area contributed by atoms with Gasteiger partial charge in [-0.2, -0.15) is 0 Å². The van der Waals surface area contributed by atoms with Crippen molar-refractivity contribution in [1.82, 2.24) is 4.90 Å². The Morgan fingerprint density at radius 1 is 0.875 bits per heavy atom. The predicted molar refractivity (Wildman–Crippen MR) is 119 cm³/mol. The van der Waals surface area contributed by atoms with Crippen LogP contribution in [-0.2, 0) is 25.7 Å². The van der Waals surface area contributed by atoms with E-state index in [1.165, 1.54) is 0 Å². The van der Waals surface area contributed by atoms with Gasteiger partial charge in [0.15, 0.2) is 0 Å². The van der Waals surface area contributed by atoms with E-state index in [0.29, 0.717) is 13.0 Å². The van der Waals surface area contributed by atoms with Crippen molar-refractivity contribution in [3.8, 4) is 0 Å². The molecule has 32 heavy (non-hydrogen) atoms. The van der Waals surface area contributed by atoms with E-state index in [1.54, 1.807) is 4.90 Å². The number of hydrogen-bond donors (Lipinski definition) is 0. The molecule has 2 aliphatic heterocycles. The van der Waals surface area contributed by atoms with E-state index in [2.05, 4.69) is 0 Å². The van der Waals surface area contributed by atoms with E-state index < -0.39 is 11.9 Å². The van der Waals surface area contributed by atoms with E-state index in [4.69, 9.17) is 9.47 Å². The van der Waals surface area contributed by atoms with Crippen molar-refractivity contribution in [3.63, 3.8) is 0 Å². The molecule has 0 aromatic heterocycles. The first kappa shape index (κ1) is 20.5. The largest absolute Gasteiger partial charge is 0.460 e. The fraction of sp³-hybridized carbons (Fsp3) is 0.259. The number of esters is 1. The van der Waals surface area contributed by atoms with Gasteiger partial charge >= 0.3 is 5.97 Å². The fourth-order valence-electron chi connectivity index (χ4n) is 4.77. The first-order valence-electron chi connectivity index (χ1n) is 11.0. The van der Waals surface area contributed by atoms with Gasteiger partial charge in [-0.3, -0.25) is 9.59 Å². The minimum Gasteiger partial charge on any atom is -0.460 e. The molecule has 2 fully saturated rings. The summed E-state index contributed by atoms with van der Waals surface area (Å²) in [5.41, 5.74) is 2.86. The Morgan fingerprint density at radius 3 is 2.12 bits per heavy atom. The average Bonchev–Trinajstić information content (AvgIpc) is 3.29. The Bertz CT molecular complexity index is 1070. The van der Waals surface area contributed by atoms with Crippen LogP contribution in [0.3, 0.4) is 0 Å². The minimum absolute atomic E-state index is 0.146. The number of benzene rings is 3. The van der Waals surface area contributed by atoms with Crippen molar-refractivity contribution in [2.24, 2.45) is 5.92 Å². The van der Waals surface area contributed by atoms with Crippen molar-refractivity contribution < 1.29 is 19.1 Å². The molecular formula is C27H25NO4. The molecule has 1 amide bonds. The molecule has 2 heterocycles. The summed E-state index contributed by atoms with van der Waals surface area (Å²) >= 11 is 0. The van der Waals surface area contributed by atoms with Crippen molar-refractivity contribution >= 4 is 11.9 Å². The van der Waals surface area contributed by atoms with Crippen LogP contribution >= 0.6 is 0 Å². The summed E-state index contributed by atoms with van der Waals surface area (Å²) in [5.74, 6) is -1.89. The molecule has 0 N–H and O–H groups in total. The molecule has 162 valence electrons. The van der Waals surface area contributed by atoms with Crippen LogP contribution in [0.1, 0.15) is 35.1 Å². The zero-order chi connectivity index (χ0) is 21.9. The first-order valence-corrected chi connectivity index (χ1v) is 11.0. The summed E-state index contributed by atoms with van der Waals surface area (Å²) < 4.78 is 11.7. The lowest BCUT2D eigenvalue weighted by molar-refractivity contribution is -0.166. The van der Waals surface area contributed by atoms with Gasteiger partial charge in [-0.15, -0.1) is 0 Å². The molecule has 4 atom stereocenters. The summed E-state index contributed by atoms with van der Waals surface area (Å²) in [6.45, 7) is 0.570. The van der Waals surface area contributed by atoms with Gasteiger partial charge in [-0.05, 0) is 16.7 Å². The number of hydrogen-bond acceptors (Lipinski definition) is 4. The Morgan fingerprint density at radius 2 is 1.47 bits per heavy atom.